The first-order valence-electron chi connectivity index (χ1n) is 14.8. The molecule has 210 valence electrons. The quantitative estimate of drug-likeness (QED) is 0.202. The van der Waals surface area contributed by atoms with E-state index in [9.17, 15) is 0 Å². The minimum Gasteiger partial charge on any atom is -0.235 e. The van der Waals surface area contributed by atoms with Gasteiger partial charge in [0.1, 0.15) is 10.8 Å². The third-order valence-corrected chi connectivity index (χ3v) is 9.39. The van der Waals surface area contributed by atoms with Gasteiger partial charge in [0, 0.05) is 27.5 Å². The maximum atomic E-state index is 5.12. The summed E-state index contributed by atoms with van der Waals surface area (Å²) in [5, 5.41) is 3.27. The first kappa shape index (κ1) is 26.4. The lowest BCUT2D eigenvalue weighted by molar-refractivity contribution is 0.555. The third kappa shape index (κ3) is 4.81. The van der Waals surface area contributed by atoms with Crippen LogP contribution in [0.3, 0.4) is 0 Å². The van der Waals surface area contributed by atoms with Gasteiger partial charge in [-0.1, -0.05) is 127 Å². The molecular formula is C39H28N4S. The van der Waals surface area contributed by atoms with E-state index in [1.54, 1.807) is 11.3 Å². The summed E-state index contributed by atoms with van der Waals surface area (Å²) in [6.07, 6.45) is 7.53. The van der Waals surface area contributed by atoms with Crippen molar-refractivity contribution in [2.24, 2.45) is 0 Å². The van der Waals surface area contributed by atoms with E-state index in [0.717, 1.165) is 50.2 Å². The molecule has 1 aliphatic rings. The predicted octanol–water partition coefficient (Wildman–Crippen LogP) is 9.94. The summed E-state index contributed by atoms with van der Waals surface area (Å²) >= 11 is 1.73. The second-order valence-electron chi connectivity index (χ2n) is 11.4. The van der Waals surface area contributed by atoms with Crippen LogP contribution in [0.15, 0.2) is 140 Å². The summed E-state index contributed by atoms with van der Waals surface area (Å²) in [6, 6.07) is 41.8. The summed E-state index contributed by atoms with van der Waals surface area (Å²) in [5.41, 5.74) is 6.17. The van der Waals surface area contributed by atoms with Crippen molar-refractivity contribution in [3.63, 3.8) is 0 Å². The van der Waals surface area contributed by atoms with Gasteiger partial charge in [-0.15, -0.1) is 11.3 Å². The van der Waals surface area contributed by atoms with E-state index >= 15 is 0 Å². The molecule has 1 unspecified atom stereocenters. The molecule has 0 radical (unpaired) electrons. The lowest BCUT2D eigenvalue weighted by atomic mass is 9.80. The van der Waals surface area contributed by atoms with Crippen molar-refractivity contribution in [3.05, 3.63) is 151 Å². The van der Waals surface area contributed by atoms with Crippen molar-refractivity contribution < 1.29 is 0 Å². The van der Waals surface area contributed by atoms with Gasteiger partial charge < -0.3 is 0 Å². The van der Waals surface area contributed by atoms with E-state index in [1.165, 1.54) is 15.8 Å². The Morgan fingerprint density at radius 1 is 0.614 bits per heavy atom. The van der Waals surface area contributed by atoms with Crippen LogP contribution in [0.25, 0.3) is 59.9 Å². The number of thiazole rings is 1. The maximum absolute atomic E-state index is 5.12. The maximum Gasteiger partial charge on any atom is 0.163 e. The topological polar surface area (TPSA) is 51.6 Å². The van der Waals surface area contributed by atoms with E-state index < -0.39 is 0 Å². The molecule has 2 aromatic heterocycles. The molecular weight excluding hydrogens is 557 g/mol. The highest BCUT2D eigenvalue weighted by Crippen LogP contribution is 2.38. The van der Waals surface area contributed by atoms with Crippen molar-refractivity contribution in [2.45, 2.75) is 18.8 Å². The summed E-state index contributed by atoms with van der Waals surface area (Å²) in [7, 11) is 0. The fourth-order valence-corrected chi connectivity index (χ4v) is 6.77. The first-order valence-corrected chi connectivity index (χ1v) is 15.6. The average Bonchev–Trinajstić information content (AvgIpc) is 3.55. The Balaban J connectivity index is 1.21. The molecule has 0 saturated carbocycles. The molecule has 4 nitrogen and oxygen atoms in total. The molecule has 0 saturated heterocycles. The van der Waals surface area contributed by atoms with Crippen molar-refractivity contribution in [1.82, 2.24) is 19.9 Å². The largest absolute Gasteiger partial charge is 0.235 e. The number of allylic oxidation sites excluding steroid dienone is 4. The number of aromatic nitrogens is 4. The Morgan fingerprint density at radius 3 is 1.95 bits per heavy atom. The molecule has 0 amide bonds. The highest BCUT2D eigenvalue weighted by Gasteiger charge is 2.30. The summed E-state index contributed by atoms with van der Waals surface area (Å²) in [6.45, 7) is 2.21. The molecule has 0 N–H and O–H groups in total. The van der Waals surface area contributed by atoms with Crippen LogP contribution >= 0.6 is 11.3 Å². The van der Waals surface area contributed by atoms with Gasteiger partial charge in [0.25, 0.3) is 0 Å². The Bertz CT molecular complexity index is 2200. The van der Waals surface area contributed by atoms with Crippen molar-refractivity contribution in [3.8, 4) is 33.3 Å². The minimum absolute atomic E-state index is 0.364. The lowest BCUT2D eigenvalue weighted by Gasteiger charge is -2.27. The van der Waals surface area contributed by atoms with E-state index in [0.29, 0.717) is 11.6 Å². The fourth-order valence-electron chi connectivity index (χ4n) is 5.78. The van der Waals surface area contributed by atoms with Crippen LogP contribution in [0.1, 0.15) is 24.7 Å². The normalized spacial score (nSPS) is 16.3. The lowest BCUT2D eigenvalue weighted by Crippen LogP contribution is -2.24. The van der Waals surface area contributed by atoms with Crippen LogP contribution < -0.4 is 0 Å². The molecule has 8 rings (SSSR count). The van der Waals surface area contributed by atoms with E-state index in [1.807, 2.05) is 30.3 Å². The molecule has 0 aliphatic heterocycles. The number of rotatable bonds is 5. The summed E-state index contributed by atoms with van der Waals surface area (Å²) in [4.78, 5) is 20.2. The van der Waals surface area contributed by atoms with Crippen molar-refractivity contribution in [1.29, 1.82) is 0 Å². The number of hydrogen-bond acceptors (Lipinski definition) is 5. The summed E-state index contributed by atoms with van der Waals surface area (Å²) < 4.78 is 1.18. The highest BCUT2D eigenvalue weighted by molar-refractivity contribution is 7.21. The molecule has 0 bridgehead atoms. The Hall–Kier alpha value is -5.26. The number of hydrogen-bond donors (Lipinski definition) is 0. The van der Waals surface area contributed by atoms with E-state index in [-0.39, 0.29) is 5.41 Å². The van der Waals surface area contributed by atoms with Gasteiger partial charge in [-0.05, 0) is 42.0 Å². The Kier molecular flexibility index (Phi) is 6.46. The smallest absolute Gasteiger partial charge is 0.163 e. The first-order chi connectivity index (χ1) is 21.6. The van der Waals surface area contributed by atoms with Gasteiger partial charge in [-0.25, -0.2) is 19.9 Å². The molecule has 0 spiro atoms. The van der Waals surface area contributed by atoms with Gasteiger partial charge in [0.05, 0.1) is 10.2 Å². The molecule has 44 heavy (non-hydrogen) atoms. The van der Waals surface area contributed by atoms with Crippen LogP contribution in [0, 0.1) is 0 Å². The zero-order valence-electron chi connectivity index (χ0n) is 24.2. The molecule has 5 aromatic carbocycles. The number of fused-ring (bicyclic) bond motifs is 3. The van der Waals surface area contributed by atoms with Crippen molar-refractivity contribution >= 4 is 37.9 Å². The zero-order valence-corrected chi connectivity index (χ0v) is 25.0. The Morgan fingerprint density at radius 2 is 1.27 bits per heavy atom. The molecule has 2 heterocycles. The average molecular weight is 585 g/mol. The van der Waals surface area contributed by atoms with Gasteiger partial charge in [-0.3, -0.25) is 0 Å². The van der Waals surface area contributed by atoms with Gasteiger partial charge in [-0.2, -0.15) is 0 Å². The fraction of sp³-hybridized carbons (Fsp3) is 0.0769. The number of benzene rings is 5. The molecule has 0 fully saturated rings. The number of nitrogens with zero attached hydrogens (tertiary/aromatic N) is 4. The molecule has 1 aliphatic carbocycles. The van der Waals surface area contributed by atoms with Crippen LogP contribution in [0.5, 0.6) is 0 Å². The molecule has 5 heteroatoms. The second kappa shape index (κ2) is 10.8. The highest BCUT2D eigenvalue weighted by atomic mass is 32.1. The SMILES string of the molecule is CC1(c2nc(-c3ccccc3)nc(-c3ccc4c(ccc5sc(-c6ccccc6)nc54)c3)n2)C=CC(c2ccccc2)=CC1. The van der Waals surface area contributed by atoms with Crippen LogP contribution in [-0.2, 0) is 5.41 Å². The van der Waals surface area contributed by atoms with Crippen LogP contribution in [-0.4, -0.2) is 19.9 Å². The van der Waals surface area contributed by atoms with Gasteiger partial charge in [0.15, 0.2) is 11.6 Å². The minimum atomic E-state index is -0.364. The second-order valence-corrected chi connectivity index (χ2v) is 12.4. The molecule has 7 aromatic rings. The van der Waals surface area contributed by atoms with Crippen LogP contribution in [0.2, 0.25) is 0 Å². The third-order valence-electron chi connectivity index (χ3n) is 8.32. The molecule has 1 atom stereocenters. The monoisotopic (exact) mass is 584 g/mol. The van der Waals surface area contributed by atoms with Crippen LogP contribution in [0.4, 0.5) is 0 Å². The standard InChI is InChI=1S/C39H28N4S/c1-39(23-21-27(22-24-39)26-11-5-2-6-12-26)38-42-35(28-13-7-3-8-14-28)41-36(43-38)31-17-19-32-30(25-31)18-20-33-34(32)40-37(44-33)29-15-9-4-10-16-29/h2-23,25H,24H2,1H3. The summed E-state index contributed by atoms with van der Waals surface area (Å²) in [5.74, 6) is 2.12. The predicted molar refractivity (Wildman–Crippen MR) is 182 cm³/mol. The van der Waals surface area contributed by atoms with Crippen molar-refractivity contribution in [2.75, 3.05) is 0 Å². The van der Waals surface area contributed by atoms with E-state index in [4.69, 9.17) is 19.9 Å². The Labute approximate surface area is 260 Å². The zero-order chi connectivity index (χ0) is 29.5. The van der Waals surface area contributed by atoms with E-state index in [2.05, 4.69) is 116 Å². The van der Waals surface area contributed by atoms with Gasteiger partial charge >= 0.3 is 0 Å². The van der Waals surface area contributed by atoms with Gasteiger partial charge in [0.2, 0.25) is 0 Å².